The molecule has 1 aliphatic heterocycles. The Hall–Kier alpha value is -0.770. The molecule has 2 amide bonds. The van der Waals surface area contributed by atoms with Crippen LogP contribution in [0.25, 0.3) is 0 Å². The summed E-state index contributed by atoms with van der Waals surface area (Å²) in [4.78, 5) is 12.6. The maximum atomic E-state index is 12.6. The van der Waals surface area contributed by atoms with Gasteiger partial charge >= 0.3 is 6.03 Å². The van der Waals surface area contributed by atoms with Crippen molar-refractivity contribution in [1.82, 2.24) is 16.0 Å². The first-order valence-electron chi connectivity index (χ1n) is 10.5. The molecule has 1 saturated heterocycles. The predicted octanol–water partition coefficient (Wildman–Crippen LogP) is 3.81. The molecule has 0 radical (unpaired) electrons. The number of amides is 2. The number of rotatable bonds is 3. The van der Waals surface area contributed by atoms with Crippen LogP contribution in [0.3, 0.4) is 0 Å². The van der Waals surface area contributed by atoms with Crippen molar-refractivity contribution in [1.29, 1.82) is 0 Å². The smallest absolute Gasteiger partial charge is 0.315 e. The molecule has 0 aromatic carbocycles. The minimum atomic E-state index is 0.0502. The predicted molar refractivity (Wildman–Crippen MR) is 101 cm³/mol. The van der Waals surface area contributed by atoms with Gasteiger partial charge in [-0.25, -0.2) is 4.79 Å². The largest absolute Gasteiger partial charge is 0.338 e. The highest BCUT2D eigenvalue weighted by Gasteiger charge is 2.50. The lowest BCUT2D eigenvalue weighted by molar-refractivity contribution is -0.0499. The van der Waals surface area contributed by atoms with E-state index >= 15 is 0 Å². The molecule has 4 bridgehead atoms. The molecule has 0 aromatic heterocycles. The van der Waals surface area contributed by atoms with Gasteiger partial charge in [0.25, 0.3) is 0 Å². The summed E-state index contributed by atoms with van der Waals surface area (Å²) in [7, 11) is 0. The summed E-state index contributed by atoms with van der Waals surface area (Å²) in [5, 5.41) is 10.2. The van der Waals surface area contributed by atoms with Crippen LogP contribution in [0.4, 0.5) is 4.79 Å². The second-order valence-corrected chi connectivity index (χ2v) is 11.2. The van der Waals surface area contributed by atoms with Crippen LogP contribution in [0.2, 0.25) is 0 Å². The highest BCUT2D eigenvalue weighted by molar-refractivity contribution is 5.74. The lowest BCUT2D eigenvalue weighted by Gasteiger charge is -2.57. The Morgan fingerprint density at radius 2 is 1.36 bits per heavy atom. The van der Waals surface area contributed by atoms with E-state index in [9.17, 15) is 4.79 Å². The highest BCUT2D eigenvalue weighted by atomic mass is 16.2. The molecule has 0 unspecified atom stereocenters. The molecular weight excluding hydrogens is 310 g/mol. The third kappa shape index (κ3) is 3.84. The summed E-state index contributed by atoms with van der Waals surface area (Å²) in [6.45, 7) is 9.82. The Balaban J connectivity index is 1.31. The fraction of sp³-hybridized carbons (Fsp3) is 0.952. The molecule has 5 fully saturated rings. The van der Waals surface area contributed by atoms with E-state index in [-0.39, 0.29) is 23.2 Å². The molecule has 0 aromatic rings. The highest BCUT2D eigenvalue weighted by Crippen LogP contribution is 2.59. The lowest BCUT2D eigenvalue weighted by Crippen LogP contribution is -2.63. The average molecular weight is 348 g/mol. The van der Waals surface area contributed by atoms with Crippen molar-refractivity contribution in [2.75, 3.05) is 6.54 Å². The monoisotopic (exact) mass is 347 g/mol. The number of urea groups is 1. The summed E-state index contributed by atoms with van der Waals surface area (Å²) >= 11 is 0. The molecule has 3 N–H and O–H groups in total. The molecule has 0 spiro atoms. The second-order valence-electron chi connectivity index (χ2n) is 11.2. The van der Waals surface area contributed by atoms with Crippen LogP contribution in [0.15, 0.2) is 0 Å². The van der Waals surface area contributed by atoms with Crippen LogP contribution in [0.1, 0.15) is 79.1 Å². The fourth-order valence-corrected chi connectivity index (χ4v) is 7.44. The van der Waals surface area contributed by atoms with Crippen molar-refractivity contribution in [3.05, 3.63) is 0 Å². The van der Waals surface area contributed by atoms with E-state index in [1.54, 1.807) is 0 Å². The van der Waals surface area contributed by atoms with Crippen molar-refractivity contribution in [3.8, 4) is 0 Å². The number of hydrogen-bond donors (Lipinski definition) is 3. The second kappa shape index (κ2) is 5.87. The summed E-state index contributed by atoms with van der Waals surface area (Å²) in [5.74, 6) is 2.84. The number of nitrogens with one attached hydrogen (secondary N) is 3. The van der Waals surface area contributed by atoms with Crippen molar-refractivity contribution >= 4 is 6.03 Å². The normalized spacial score (nSPS) is 41.5. The Morgan fingerprint density at radius 3 is 1.84 bits per heavy atom. The molecule has 4 nitrogen and oxygen atoms in total. The van der Waals surface area contributed by atoms with Gasteiger partial charge in [-0.15, -0.1) is 0 Å². The standard InChI is InChI=1S/C21H37N3O/c1-19(2)11-17(12-20(3,4)24-19)23-18(25)22-13-21-8-14-5-15(9-21)7-16(6-14)10-21/h14-17,24H,5-13H2,1-4H3,(H2,22,23,25). The molecule has 4 heteroatoms. The van der Waals surface area contributed by atoms with Crippen LogP contribution in [0.5, 0.6) is 0 Å². The van der Waals surface area contributed by atoms with E-state index in [1.165, 1.54) is 38.5 Å². The van der Waals surface area contributed by atoms with Gasteiger partial charge < -0.3 is 16.0 Å². The molecule has 4 aliphatic carbocycles. The molecule has 5 rings (SSSR count). The van der Waals surface area contributed by atoms with Crippen LogP contribution in [-0.4, -0.2) is 29.7 Å². The SMILES string of the molecule is CC1(C)CC(NC(=O)NCC23CC4CC(CC(C4)C2)C3)CC(C)(C)N1. The lowest BCUT2D eigenvalue weighted by atomic mass is 9.49. The zero-order valence-corrected chi connectivity index (χ0v) is 16.6. The van der Waals surface area contributed by atoms with E-state index in [2.05, 4.69) is 43.6 Å². The van der Waals surface area contributed by atoms with Crippen LogP contribution in [-0.2, 0) is 0 Å². The Kier molecular flexibility index (Phi) is 4.14. The average Bonchev–Trinajstić information content (AvgIpc) is 2.40. The molecule has 4 saturated carbocycles. The first-order valence-corrected chi connectivity index (χ1v) is 10.5. The Morgan fingerprint density at radius 1 is 0.880 bits per heavy atom. The van der Waals surface area contributed by atoms with Crippen LogP contribution < -0.4 is 16.0 Å². The van der Waals surface area contributed by atoms with E-state index in [4.69, 9.17) is 0 Å². The topological polar surface area (TPSA) is 53.2 Å². The van der Waals surface area contributed by atoms with E-state index in [0.29, 0.717) is 5.41 Å². The van der Waals surface area contributed by atoms with Gasteiger partial charge in [-0.1, -0.05) is 0 Å². The third-order valence-electron chi connectivity index (χ3n) is 7.31. The van der Waals surface area contributed by atoms with Gasteiger partial charge in [0.1, 0.15) is 0 Å². The number of piperidine rings is 1. The third-order valence-corrected chi connectivity index (χ3v) is 7.31. The quantitative estimate of drug-likeness (QED) is 0.727. The first-order chi connectivity index (χ1) is 11.6. The van der Waals surface area contributed by atoms with E-state index in [1.807, 2.05) is 0 Å². The Labute approximate surface area is 153 Å². The molecule has 1 heterocycles. The fourth-order valence-electron chi connectivity index (χ4n) is 7.44. The minimum absolute atomic E-state index is 0.0502. The van der Waals surface area contributed by atoms with Crippen LogP contribution in [0, 0.1) is 23.2 Å². The molecule has 5 aliphatic rings. The van der Waals surface area contributed by atoms with Crippen molar-refractivity contribution in [2.45, 2.75) is 96.2 Å². The number of hydrogen-bond acceptors (Lipinski definition) is 2. The van der Waals surface area contributed by atoms with Gasteiger partial charge in [-0.05, 0) is 102 Å². The summed E-state index contributed by atoms with van der Waals surface area (Å²) in [6.07, 6.45) is 10.4. The van der Waals surface area contributed by atoms with Gasteiger partial charge in [0, 0.05) is 23.7 Å². The zero-order chi connectivity index (χ0) is 17.9. The van der Waals surface area contributed by atoms with Crippen molar-refractivity contribution < 1.29 is 4.79 Å². The summed E-state index contributed by atoms with van der Waals surface area (Å²) in [6, 6.07) is 0.303. The molecule has 142 valence electrons. The van der Waals surface area contributed by atoms with Gasteiger partial charge in [0.05, 0.1) is 0 Å². The van der Waals surface area contributed by atoms with Crippen molar-refractivity contribution in [2.24, 2.45) is 23.2 Å². The van der Waals surface area contributed by atoms with Crippen LogP contribution >= 0.6 is 0 Å². The number of carbonyl (C=O) groups is 1. The minimum Gasteiger partial charge on any atom is -0.338 e. The maximum absolute atomic E-state index is 12.6. The molecule has 0 atom stereocenters. The summed E-state index contributed by atoms with van der Waals surface area (Å²) < 4.78 is 0. The van der Waals surface area contributed by atoms with Gasteiger partial charge in [-0.2, -0.15) is 0 Å². The van der Waals surface area contributed by atoms with E-state index in [0.717, 1.165) is 37.1 Å². The van der Waals surface area contributed by atoms with Gasteiger partial charge in [0.15, 0.2) is 0 Å². The van der Waals surface area contributed by atoms with Gasteiger partial charge in [0.2, 0.25) is 0 Å². The van der Waals surface area contributed by atoms with E-state index < -0.39 is 0 Å². The van der Waals surface area contributed by atoms with Crippen molar-refractivity contribution in [3.63, 3.8) is 0 Å². The zero-order valence-electron chi connectivity index (χ0n) is 16.6. The first kappa shape index (κ1) is 17.6. The molecule has 25 heavy (non-hydrogen) atoms. The number of carbonyl (C=O) groups excluding carboxylic acids is 1. The Bertz CT molecular complexity index is 488. The van der Waals surface area contributed by atoms with Gasteiger partial charge in [-0.3, -0.25) is 0 Å². The summed E-state index contributed by atoms with van der Waals surface area (Å²) in [5.41, 5.74) is 0.554. The molecular formula is C21H37N3O. The maximum Gasteiger partial charge on any atom is 0.315 e.